The molecule has 0 spiro atoms. The molecule has 1 rings (SSSR count). The molecule has 0 N–H and O–H groups in total. The minimum atomic E-state index is -4.56. The van der Waals surface area contributed by atoms with Crippen LogP contribution in [-0.2, 0) is 0 Å². The van der Waals surface area contributed by atoms with E-state index in [1.54, 1.807) is 12.1 Å². The number of rotatable bonds is 3. The maximum atomic E-state index is 12.4. The van der Waals surface area contributed by atoms with Gasteiger partial charge in [-0.3, -0.25) is 0 Å². The number of hydrogen-bond donors (Lipinski definition) is 0. The van der Waals surface area contributed by atoms with Gasteiger partial charge in [0.05, 0.1) is 13.2 Å². The molecule has 8 heteroatoms. The highest BCUT2D eigenvalue weighted by Gasteiger charge is 2.40. The van der Waals surface area contributed by atoms with E-state index in [-0.39, 0.29) is 0 Å². The summed E-state index contributed by atoms with van der Waals surface area (Å²) in [4.78, 5) is 0. The maximum absolute atomic E-state index is 12.4. The van der Waals surface area contributed by atoms with Gasteiger partial charge in [-0.05, 0) is 79.9 Å². The Balaban J connectivity index is 2.85. The summed E-state index contributed by atoms with van der Waals surface area (Å²) in [5.41, 5.74) is 0. The van der Waals surface area contributed by atoms with E-state index in [1.165, 1.54) is 6.07 Å². The second kappa shape index (κ2) is 6.78. The fourth-order valence-electron chi connectivity index (χ4n) is 1.04. The summed E-state index contributed by atoms with van der Waals surface area (Å²) in [6.45, 7) is -0.688. The molecule has 1 atom stereocenters. The zero-order valence-electron chi connectivity index (χ0n) is 8.56. The smallest absolute Gasteiger partial charge is 0.407 e. The molecule has 98 valence electrons. The van der Waals surface area contributed by atoms with Gasteiger partial charge < -0.3 is 4.74 Å². The number of halogens is 6. The van der Waals surface area contributed by atoms with Gasteiger partial charge in [-0.25, -0.2) is 0 Å². The van der Waals surface area contributed by atoms with E-state index in [0.29, 0.717) is 5.75 Å². The van der Waals surface area contributed by atoms with Gasteiger partial charge in [0.25, 0.3) is 0 Å². The molecule has 0 saturated carbocycles. The van der Waals surface area contributed by atoms with Crippen LogP contribution in [0.3, 0.4) is 0 Å². The largest absolute Gasteiger partial charge is 0.490 e. The van der Waals surface area contributed by atoms with Crippen molar-refractivity contribution in [1.82, 2.24) is 0 Å². The molecule has 0 fully saturated rings. The van der Waals surface area contributed by atoms with E-state index < -0.39 is 18.7 Å². The average Bonchev–Trinajstić information content (AvgIpc) is 2.19. The number of benzene rings is 1. The van der Waals surface area contributed by atoms with Crippen LogP contribution in [0.15, 0.2) is 12.1 Å². The van der Waals surface area contributed by atoms with Crippen molar-refractivity contribution < 1.29 is 17.9 Å². The minimum absolute atomic E-state index is 0.390. The molecular weight excluding hydrogens is 588 g/mol. The van der Waals surface area contributed by atoms with Gasteiger partial charge in [0, 0.05) is 3.57 Å². The number of alkyl halides is 3. The SMILES string of the molecule is N#CC(COc1c(I)cc(I)cc1I)C(F)(F)F. The highest BCUT2D eigenvalue weighted by atomic mass is 127. The summed E-state index contributed by atoms with van der Waals surface area (Å²) < 4.78 is 44.7. The van der Waals surface area contributed by atoms with Crippen LogP contribution in [0.5, 0.6) is 5.75 Å². The van der Waals surface area contributed by atoms with Crippen LogP contribution in [0.1, 0.15) is 0 Å². The predicted octanol–water partition coefficient (Wildman–Crippen LogP) is 4.58. The molecule has 0 aliphatic heterocycles. The summed E-state index contributed by atoms with van der Waals surface area (Å²) >= 11 is 6.10. The molecule has 0 heterocycles. The highest BCUT2D eigenvalue weighted by molar-refractivity contribution is 14.1. The molecule has 0 aromatic heterocycles. The Morgan fingerprint density at radius 1 is 1.22 bits per heavy atom. The van der Waals surface area contributed by atoms with Gasteiger partial charge in [0.1, 0.15) is 12.4 Å². The van der Waals surface area contributed by atoms with Gasteiger partial charge in [-0.2, -0.15) is 18.4 Å². The van der Waals surface area contributed by atoms with Gasteiger partial charge in [0.2, 0.25) is 0 Å². The number of hydrogen-bond acceptors (Lipinski definition) is 2. The molecule has 0 aliphatic rings. The first-order chi connectivity index (χ1) is 8.25. The first kappa shape index (κ1) is 16.5. The van der Waals surface area contributed by atoms with Crippen LogP contribution in [-0.4, -0.2) is 12.8 Å². The van der Waals surface area contributed by atoms with Crippen LogP contribution in [0.25, 0.3) is 0 Å². The third-order valence-corrected chi connectivity index (χ3v) is 4.13. The van der Waals surface area contributed by atoms with Crippen molar-refractivity contribution in [3.8, 4) is 11.8 Å². The third kappa shape index (κ3) is 4.55. The van der Waals surface area contributed by atoms with Crippen molar-refractivity contribution in [2.45, 2.75) is 6.18 Å². The van der Waals surface area contributed by atoms with Crippen LogP contribution in [0.2, 0.25) is 0 Å². The fraction of sp³-hybridized carbons (Fsp3) is 0.300. The first-order valence-corrected chi connectivity index (χ1v) is 7.73. The molecule has 1 aromatic rings. The molecule has 18 heavy (non-hydrogen) atoms. The van der Waals surface area contributed by atoms with Gasteiger partial charge in [-0.15, -0.1) is 0 Å². The molecule has 1 aromatic carbocycles. The predicted molar refractivity (Wildman–Crippen MR) is 85.2 cm³/mol. The first-order valence-electron chi connectivity index (χ1n) is 4.49. The second-order valence-electron chi connectivity index (χ2n) is 3.23. The van der Waals surface area contributed by atoms with Gasteiger partial charge in [-0.1, -0.05) is 0 Å². The van der Waals surface area contributed by atoms with E-state index in [9.17, 15) is 13.2 Å². The summed E-state index contributed by atoms with van der Waals surface area (Å²) in [5.74, 6) is -1.72. The van der Waals surface area contributed by atoms with Crippen molar-refractivity contribution >= 4 is 67.8 Å². The van der Waals surface area contributed by atoms with Crippen molar-refractivity contribution in [3.05, 3.63) is 22.8 Å². The number of nitriles is 1. The Morgan fingerprint density at radius 3 is 2.11 bits per heavy atom. The lowest BCUT2D eigenvalue weighted by atomic mass is 10.2. The number of ether oxygens (including phenoxy) is 1. The van der Waals surface area contributed by atoms with Crippen molar-refractivity contribution in [2.75, 3.05) is 6.61 Å². The summed E-state index contributed by atoms with van der Waals surface area (Å²) in [7, 11) is 0. The summed E-state index contributed by atoms with van der Waals surface area (Å²) in [6, 6.07) is 4.80. The summed E-state index contributed by atoms with van der Waals surface area (Å²) in [6.07, 6.45) is -4.56. The number of nitrogens with zero attached hydrogens (tertiary/aromatic N) is 1. The second-order valence-corrected chi connectivity index (χ2v) is 6.80. The van der Waals surface area contributed by atoms with E-state index in [4.69, 9.17) is 10.00 Å². The molecule has 0 radical (unpaired) electrons. The molecule has 2 nitrogen and oxygen atoms in total. The molecule has 0 aliphatic carbocycles. The normalized spacial score (nSPS) is 12.9. The van der Waals surface area contributed by atoms with Gasteiger partial charge >= 0.3 is 6.18 Å². The minimum Gasteiger partial charge on any atom is -0.490 e. The molecule has 0 amide bonds. The van der Waals surface area contributed by atoms with Crippen LogP contribution in [0.4, 0.5) is 13.2 Å². The van der Waals surface area contributed by atoms with Crippen LogP contribution in [0, 0.1) is 28.0 Å². The van der Waals surface area contributed by atoms with Crippen molar-refractivity contribution in [2.24, 2.45) is 5.92 Å². The third-order valence-electron chi connectivity index (χ3n) is 1.91. The topological polar surface area (TPSA) is 33.0 Å². The Kier molecular flexibility index (Phi) is 6.23. The Hall–Kier alpha value is 0.490. The fourth-order valence-corrected chi connectivity index (χ4v) is 4.93. The van der Waals surface area contributed by atoms with Gasteiger partial charge in [0.15, 0.2) is 5.92 Å². The molecule has 0 bridgehead atoms. The zero-order valence-corrected chi connectivity index (χ0v) is 15.0. The monoisotopic (exact) mass is 593 g/mol. The van der Waals surface area contributed by atoms with Crippen molar-refractivity contribution in [1.29, 1.82) is 5.26 Å². The van der Waals surface area contributed by atoms with Crippen molar-refractivity contribution in [3.63, 3.8) is 0 Å². The zero-order chi connectivity index (χ0) is 13.9. The highest BCUT2D eigenvalue weighted by Crippen LogP contribution is 2.32. The lowest BCUT2D eigenvalue weighted by Crippen LogP contribution is -2.27. The van der Waals surface area contributed by atoms with E-state index in [0.717, 1.165) is 10.7 Å². The average molecular weight is 593 g/mol. The Labute approximate surface area is 143 Å². The Morgan fingerprint density at radius 2 is 1.72 bits per heavy atom. The van der Waals surface area contributed by atoms with Crippen LogP contribution >= 0.6 is 67.8 Å². The lowest BCUT2D eigenvalue weighted by Gasteiger charge is -2.16. The maximum Gasteiger partial charge on any atom is 0.407 e. The molecule has 1 unspecified atom stereocenters. The standard InChI is InChI=1S/C10H5F3I3NO/c11-10(12,13)5(3-17)4-18-9-7(15)1-6(14)2-8(9)16/h1-2,5H,4H2. The quantitative estimate of drug-likeness (QED) is 0.482. The lowest BCUT2D eigenvalue weighted by molar-refractivity contribution is -0.165. The van der Waals surface area contributed by atoms with E-state index in [2.05, 4.69) is 22.6 Å². The Bertz CT molecular complexity index is 461. The molecular formula is C10H5F3I3NO. The van der Waals surface area contributed by atoms with E-state index in [1.807, 2.05) is 45.2 Å². The molecule has 0 saturated heterocycles. The van der Waals surface area contributed by atoms with Crippen LogP contribution < -0.4 is 4.74 Å². The van der Waals surface area contributed by atoms with E-state index >= 15 is 0 Å². The summed E-state index contributed by atoms with van der Waals surface area (Å²) in [5, 5.41) is 8.47.